The van der Waals surface area contributed by atoms with Crippen molar-refractivity contribution in [2.24, 2.45) is 11.3 Å². The maximum absolute atomic E-state index is 13.5. The first kappa shape index (κ1) is 22.8. The molecule has 1 aliphatic carbocycles. The molecule has 3 aliphatic rings. The maximum Gasteiger partial charge on any atom is 0.411 e. The van der Waals surface area contributed by atoms with E-state index in [9.17, 15) is 19.8 Å². The summed E-state index contributed by atoms with van der Waals surface area (Å²) in [6.07, 6.45) is 6.53. The predicted molar refractivity (Wildman–Crippen MR) is 123 cm³/mol. The largest absolute Gasteiger partial charge is 0.465 e. The summed E-state index contributed by atoms with van der Waals surface area (Å²) in [5, 5.41) is 19.4. The first-order valence-corrected chi connectivity index (χ1v) is 12.0. The molecule has 1 aromatic rings. The molecule has 0 aromatic carbocycles. The van der Waals surface area contributed by atoms with Gasteiger partial charge in [0.05, 0.1) is 23.4 Å². The molecule has 32 heavy (non-hydrogen) atoms. The summed E-state index contributed by atoms with van der Waals surface area (Å²) in [5.74, 6) is 1.29. The van der Waals surface area contributed by atoms with Crippen LogP contribution in [0.2, 0.25) is 0 Å². The Kier molecular flexibility index (Phi) is 6.60. The minimum atomic E-state index is -0.975. The Morgan fingerprint density at radius 1 is 1.22 bits per heavy atom. The predicted octanol–water partition coefficient (Wildman–Crippen LogP) is 3.34. The Morgan fingerprint density at radius 2 is 1.97 bits per heavy atom. The molecule has 0 unspecified atom stereocenters. The molecular formula is C24H36N4O4. The van der Waals surface area contributed by atoms with E-state index in [0.29, 0.717) is 18.8 Å². The fourth-order valence-electron chi connectivity index (χ4n) is 5.66. The summed E-state index contributed by atoms with van der Waals surface area (Å²) in [6, 6.07) is 3.96. The maximum atomic E-state index is 13.5. The topological polar surface area (TPSA) is 97.2 Å². The van der Waals surface area contributed by atoms with Crippen LogP contribution < -0.4 is 9.80 Å². The van der Waals surface area contributed by atoms with E-state index < -0.39 is 6.09 Å². The highest BCUT2D eigenvalue weighted by atomic mass is 16.4. The van der Waals surface area contributed by atoms with Gasteiger partial charge in [-0.3, -0.25) is 9.69 Å². The SMILES string of the molecule is CC(C)CN(C(=O)O)c1ccc(N2CCC[C@]3(CCN(C4CCC(O)CC4)C3=O)C2)nc1. The number of carbonyl (C=O) groups excluding carboxylic acids is 1. The second kappa shape index (κ2) is 9.25. The number of piperidine rings is 1. The fourth-order valence-corrected chi connectivity index (χ4v) is 5.66. The number of pyridine rings is 1. The second-order valence-electron chi connectivity index (χ2n) is 10.2. The number of likely N-dealkylation sites (tertiary alicyclic amines) is 1. The fraction of sp³-hybridized carbons (Fsp3) is 0.708. The van der Waals surface area contributed by atoms with Gasteiger partial charge in [0, 0.05) is 32.2 Å². The van der Waals surface area contributed by atoms with Crippen LogP contribution in [0.15, 0.2) is 18.3 Å². The molecule has 1 aromatic heterocycles. The lowest BCUT2D eigenvalue weighted by Crippen LogP contribution is -2.50. The van der Waals surface area contributed by atoms with Crippen molar-refractivity contribution < 1.29 is 19.8 Å². The number of rotatable bonds is 5. The lowest BCUT2D eigenvalue weighted by molar-refractivity contribution is -0.139. The monoisotopic (exact) mass is 444 g/mol. The van der Waals surface area contributed by atoms with Gasteiger partial charge in [-0.1, -0.05) is 13.8 Å². The Labute approximate surface area is 190 Å². The number of carbonyl (C=O) groups is 2. The van der Waals surface area contributed by atoms with E-state index in [1.165, 1.54) is 4.90 Å². The smallest absolute Gasteiger partial charge is 0.411 e. The zero-order chi connectivity index (χ0) is 22.9. The number of anilines is 2. The van der Waals surface area contributed by atoms with Gasteiger partial charge in [0.1, 0.15) is 5.82 Å². The van der Waals surface area contributed by atoms with E-state index in [4.69, 9.17) is 0 Å². The molecule has 176 valence electrons. The van der Waals surface area contributed by atoms with Gasteiger partial charge in [-0.05, 0) is 63.0 Å². The Hall–Kier alpha value is -2.35. The van der Waals surface area contributed by atoms with E-state index in [0.717, 1.165) is 63.9 Å². The van der Waals surface area contributed by atoms with Gasteiger partial charge in [0.25, 0.3) is 0 Å². The summed E-state index contributed by atoms with van der Waals surface area (Å²) in [6.45, 7) is 6.73. The van der Waals surface area contributed by atoms with Crippen molar-refractivity contribution >= 4 is 23.5 Å². The van der Waals surface area contributed by atoms with Crippen LogP contribution in [0, 0.1) is 11.3 Å². The van der Waals surface area contributed by atoms with Crippen LogP contribution in [0.4, 0.5) is 16.3 Å². The van der Waals surface area contributed by atoms with Gasteiger partial charge >= 0.3 is 6.09 Å². The van der Waals surface area contributed by atoms with Gasteiger partial charge in [0.15, 0.2) is 0 Å². The summed E-state index contributed by atoms with van der Waals surface area (Å²) in [4.78, 5) is 35.3. The number of aliphatic hydroxyl groups excluding tert-OH is 1. The molecule has 1 spiro atoms. The molecule has 4 rings (SSSR count). The van der Waals surface area contributed by atoms with Gasteiger partial charge < -0.3 is 20.0 Å². The number of hydrogen-bond donors (Lipinski definition) is 2. The van der Waals surface area contributed by atoms with Crippen LogP contribution >= 0.6 is 0 Å². The molecule has 0 bridgehead atoms. The molecule has 3 heterocycles. The van der Waals surface area contributed by atoms with Crippen molar-refractivity contribution in [1.29, 1.82) is 0 Å². The average Bonchev–Trinajstić information content (AvgIpc) is 3.08. The molecule has 3 fully saturated rings. The van der Waals surface area contributed by atoms with E-state index in [1.54, 1.807) is 6.20 Å². The highest BCUT2D eigenvalue weighted by Crippen LogP contribution is 2.43. The molecule has 0 radical (unpaired) electrons. The number of aliphatic hydroxyl groups is 1. The summed E-state index contributed by atoms with van der Waals surface area (Å²) in [5.41, 5.74) is 0.226. The first-order chi connectivity index (χ1) is 15.3. The van der Waals surface area contributed by atoms with Crippen molar-refractivity contribution in [3.05, 3.63) is 18.3 Å². The van der Waals surface area contributed by atoms with Crippen molar-refractivity contribution in [2.45, 2.75) is 70.9 Å². The van der Waals surface area contributed by atoms with Crippen LogP contribution in [-0.4, -0.2) is 70.4 Å². The van der Waals surface area contributed by atoms with Crippen molar-refractivity contribution in [3.63, 3.8) is 0 Å². The van der Waals surface area contributed by atoms with Gasteiger partial charge in [-0.25, -0.2) is 9.78 Å². The molecule has 2 amide bonds. The van der Waals surface area contributed by atoms with Crippen molar-refractivity contribution in [3.8, 4) is 0 Å². The second-order valence-corrected chi connectivity index (χ2v) is 10.2. The zero-order valence-electron chi connectivity index (χ0n) is 19.2. The van der Waals surface area contributed by atoms with E-state index in [-0.39, 0.29) is 29.4 Å². The lowest BCUT2D eigenvalue weighted by Gasteiger charge is -2.41. The van der Waals surface area contributed by atoms with Crippen LogP contribution in [0.1, 0.15) is 58.8 Å². The molecular weight excluding hydrogens is 408 g/mol. The van der Waals surface area contributed by atoms with Gasteiger partial charge in [-0.2, -0.15) is 0 Å². The molecule has 2 aliphatic heterocycles. The quantitative estimate of drug-likeness (QED) is 0.723. The summed E-state index contributed by atoms with van der Waals surface area (Å²) < 4.78 is 0. The number of nitrogens with zero attached hydrogens (tertiary/aromatic N) is 4. The van der Waals surface area contributed by atoms with E-state index >= 15 is 0 Å². The van der Waals surface area contributed by atoms with Crippen LogP contribution in [0.5, 0.6) is 0 Å². The van der Waals surface area contributed by atoms with Crippen LogP contribution in [-0.2, 0) is 4.79 Å². The Morgan fingerprint density at radius 3 is 2.59 bits per heavy atom. The number of carboxylic acid groups (broad SMARTS) is 1. The number of amides is 2. The number of hydrogen-bond acceptors (Lipinski definition) is 5. The third-order valence-electron chi connectivity index (χ3n) is 7.38. The van der Waals surface area contributed by atoms with Gasteiger partial charge in [0.2, 0.25) is 5.91 Å². The number of aromatic nitrogens is 1. The molecule has 1 atom stereocenters. The minimum Gasteiger partial charge on any atom is -0.465 e. The minimum absolute atomic E-state index is 0.213. The van der Waals surface area contributed by atoms with Crippen LogP contribution in [0.25, 0.3) is 0 Å². The van der Waals surface area contributed by atoms with Crippen LogP contribution in [0.3, 0.4) is 0 Å². The molecule has 2 saturated heterocycles. The molecule has 1 saturated carbocycles. The summed E-state index contributed by atoms with van der Waals surface area (Å²) >= 11 is 0. The molecule has 2 N–H and O–H groups in total. The molecule has 8 heteroatoms. The van der Waals surface area contributed by atoms with Crippen molar-refractivity contribution in [2.75, 3.05) is 36.0 Å². The third-order valence-corrected chi connectivity index (χ3v) is 7.38. The van der Waals surface area contributed by atoms with Gasteiger partial charge in [-0.15, -0.1) is 0 Å². The Bertz CT molecular complexity index is 822. The first-order valence-electron chi connectivity index (χ1n) is 12.0. The molecule has 8 nitrogen and oxygen atoms in total. The van der Waals surface area contributed by atoms with Crippen molar-refractivity contribution in [1.82, 2.24) is 9.88 Å². The lowest BCUT2D eigenvalue weighted by atomic mass is 9.78. The van der Waals surface area contributed by atoms with E-state index in [2.05, 4.69) is 14.8 Å². The average molecular weight is 445 g/mol. The highest BCUT2D eigenvalue weighted by molar-refractivity contribution is 5.87. The third kappa shape index (κ3) is 4.56. The normalized spacial score (nSPS) is 28.6. The zero-order valence-corrected chi connectivity index (χ0v) is 19.2. The highest BCUT2D eigenvalue weighted by Gasteiger charge is 2.50. The summed E-state index contributed by atoms with van der Waals surface area (Å²) in [7, 11) is 0. The standard InChI is InChI=1S/C24H36N4O4/c1-17(2)15-28(23(31)32)19-6-9-21(25-14-19)26-12-3-10-24(16-26)11-13-27(22(24)30)18-4-7-20(29)8-5-18/h6,9,14,17-18,20,29H,3-5,7-8,10-13,15-16H2,1-2H3,(H,31,32)/t18?,20?,24-/m0/s1. The Balaban J connectivity index is 1.45. The van der Waals surface area contributed by atoms with E-state index in [1.807, 2.05) is 26.0 Å².